The first-order valence-corrected chi connectivity index (χ1v) is 10.6. The molecule has 0 bridgehead atoms. The summed E-state index contributed by atoms with van der Waals surface area (Å²) in [6.07, 6.45) is 5.12. The standard InChI is InChI=1S/C21H19NO6S2/c1-25-17-10-13(6-7-15(17)28-20(24)16-5-3-9-27-16)11-18-19(23)22(21(29)30-18)12-14-4-2-8-26-14/h3,5-7,9-11,14H,2,4,8,12H2,1H3. The largest absolute Gasteiger partial charge is 0.493 e. The van der Waals surface area contributed by atoms with Crippen molar-refractivity contribution in [2.24, 2.45) is 0 Å². The molecule has 0 spiro atoms. The zero-order valence-corrected chi connectivity index (χ0v) is 17.8. The number of hydrogen-bond acceptors (Lipinski definition) is 8. The highest BCUT2D eigenvalue weighted by Gasteiger charge is 2.34. The number of amides is 1. The monoisotopic (exact) mass is 445 g/mol. The van der Waals surface area contributed by atoms with Crippen LogP contribution in [0, 0.1) is 0 Å². The Kier molecular flexibility index (Phi) is 6.21. The van der Waals surface area contributed by atoms with Gasteiger partial charge in [0.1, 0.15) is 4.32 Å². The smallest absolute Gasteiger partial charge is 0.379 e. The van der Waals surface area contributed by atoms with E-state index in [1.54, 1.807) is 35.2 Å². The highest BCUT2D eigenvalue weighted by Crippen LogP contribution is 2.35. The molecule has 1 aromatic carbocycles. The molecular weight excluding hydrogens is 426 g/mol. The maximum Gasteiger partial charge on any atom is 0.379 e. The number of benzene rings is 1. The molecule has 30 heavy (non-hydrogen) atoms. The molecule has 0 N–H and O–H groups in total. The zero-order valence-electron chi connectivity index (χ0n) is 16.2. The quantitative estimate of drug-likeness (QED) is 0.287. The minimum Gasteiger partial charge on any atom is -0.493 e. The van der Waals surface area contributed by atoms with Gasteiger partial charge in [0.2, 0.25) is 5.76 Å². The van der Waals surface area contributed by atoms with Gasteiger partial charge in [-0.1, -0.05) is 30.0 Å². The highest BCUT2D eigenvalue weighted by molar-refractivity contribution is 8.26. The van der Waals surface area contributed by atoms with E-state index in [1.807, 2.05) is 0 Å². The van der Waals surface area contributed by atoms with Gasteiger partial charge in [-0.2, -0.15) is 0 Å². The number of thioether (sulfide) groups is 1. The molecule has 7 nitrogen and oxygen atoms in total. The Labute approximate surface area is 183 Å². The number of esters is 1. The van der Waals surface area contributed by atoms with E-state index in [9.17, 15) is 9.59 Å². The third-order valence-electron chi connectivity index (χ3n) is 4.69. The van der Waals surface area contributed by atoms with Crippen molar-refractivity contribution in [2.75, 3.05) is 20.3 Å². The van der Waals surface area contributed by atoms with Crippen molar-refractivity contribution in [3.63, 3.8) is 0 Å². The Morgan fingerprint density at radius 2 is 2.23 bits per heavy atom. The zero-order chi connectivity index (χ0) is 21.1. The number of nitrogens with zero attached hydrogens (tertiary/aromatic N) is 1. The summed E-state index contributed by atoms with van der Waals surface area (Å²) in [4.78, 5) is 27.0. The summed E-state index contributed by atoms with van der Waals surface area (Å²) >= 11 is 6.64. The van der Waals surface area contributed by atoms with Gasteiger partial charge in [0, 0.05) is 6.61 Å². The lowest BCUT2D eigenvalue weighted by atomic mass is 10.1. The second-order valence-electron chi connectivity index (χ2n) is 6.70. The van der Waals surface area contributed by atoms with E-state index in [-0.39, 0.29) is 23.5 Å². The number of ether oxygens (including phenoxy) is 3. The SMILES string of the molecule is COc1cc(C=C2SC(=S)N(CC3CCCO3)C2=O)ccc1OC(=O)c1ccco1. The van der Waals surface area contributed by atoms with E-state index >= 15 is 0 Å². The number of rotatable bonds is 6. The molecule has 0 saturated carbocycles. The topological polar surface area (TPSA) is 78.2 Å². The summed E-state index contributed by atoms with van der Waals surface area (Å²) < 4.78 is 21.9. The van der Waals surface area contributed by atoms with Crippen LogP contribution in [-0.4, -0.2) is 47.5 Å². The molecule has 2 fully saturated rings. The van der Waals surface area contributed by atoms with Crippen molar-refractivity contribution in [3.8, 4) is 11.5 Å². The third kappa shape index (κ3) is 4.43. The number of hydrogen-bond donors (Lipinski definition) is 0. The minimum absolute atomic E-state index is 0.0371. The lowest BCUT2D eigenvalue weighted by molar-refractivity contribution is -0.123. The number of furan rings is 1. The van der Waals surface area contributed by atoms with Crippen LogP contribution >= 0.6 is 24.0 Å². The van der Waals surface area contributed by atoms with E-state index in [0.29, 0.717) is 21.5 Å². The van der Waals surface area contributed by atoms with Crippen molar-refractivity contribution in [1.29, 1.82) is 0 Å². The van der Waals surface area contributed by atoms with Crippen LogP contribution in [0.4, 0.5) is 0 Å². The second-order valence-corrected chi connectivity index (χ2v) is 8.38. The van der Waals surface area contributed by atoms with Crippen molar-refractivity contribution in [3.05, 3.63) is 52.8 Å². The summed E-state index contributed by atoms with van der Waals surface area (Å²) in [5.74, 6) is -0.0506. The van der Waals surface area contributed by atoms with Gasteiger partial charge in [-0.15, -0.1) is 0 Å². The molecule has 156 valence electrons. The first-order chi connectivity index (χ1) is 14.5. The van der Waals surface area contributed by atoms with E-state index < -0.39 is 5.97 Å². The van der Waals surface area contributed by atoms with Crippen LogP contribution in [0.25, 0.3) is 6.08 Å². The Hall–Kier alpha value is -2.62. The van der Waals surface area contributed by atoms with E-state index in [0.717, 1.165) is 25.0 Å². The molecule has 2 aromatic rings. The summed E-state index contributed by atoms with van der Waals surface area (Å²) in [6, 6.07) is 8.16. The van der Waals surface area contributed by atoms with Gasteiger partial charge in [0.15, 0.2) is 11.5 Å². The maximum atomic E-state index is 12.8. The number of carbonyl (C=O) groups excluding carboxylic acids is 2. The molecule has 9 heteroatoms. The van der Waals surface area contributed by atoms with E-state index in [4.69, 9.17) is 30.8 Å². The van der Waals surface area contributed by atoms with Crippen LogP contribution < -0.4 is 9.47 Å². The van der Waals surface area contributed by atoms with Crippen LogP contribution in [0.3, 0.4) is 0 Å². The molecule has 0 radical (unpaired) electrons. The van der Waals surface area contributed by atoms with Gasteiger partial charge in [-0.3, -0.25) is 9.69 Å². The fourth-order valence-electron chi connectivity index (χ4n) is 3.20. The van der Waals surface area contributed by atoms with Crippen molar-refractivity contribution < 1.29 is 28.2 Å². The number of methoxy groups -OCH3 is 1. The second kappa shape index (κ2) is 9.03. The Morgan fingerprint density at radius 1 is 1.37 bits per heavy atom. The lowest BCUT2D eigenvalue weighted by Crippen LogP contribution is -2.35. The Balaban J connectivity index is 1.49. The van der Waals surface area contributed by atoms with Gasteiger partial charge in [0.25, 0.3) is 5.91 Å². The maximum absolute atomic E-state index is 12.8. The average Bonchev–Trinajstić information content (AvgIpc) is 3.49. The van der Waals surface area contributed by atoms with Crippen LogP contribution in [-0.2, 0) is 9.53 Å². The summed E-state index contributed by atoms with van der Waals surface area (Å²) in [5, 5.41) is 0. The predicted octanol–water partition coefficient (Wildman–Crippen LogP) is 3.89. The first kappa shape index (κ1) is 20.6. The number of thiocarbonyl (C=S) groups is 1. The Bertz CT molecular complexity index is 995. The molecule has 2 aliphatic heterocycles. The molecule has 3 heterocycles. The molecule has 0 aliphatic carbocycles. The van der Waals surface area contributed by atoms with E-state index in [1.165, 1.54) is 31.2 Å². The average molecular weight is 446 g/mol. The van der Waals surface area contributed by atoms with Crippen LogP contribution in [0.2, 0.25) is 0 Å². The summed E-state index contributed by atoms with van der Waals surface area (Å²) in [5.41, 5.74) is 0.724. The molecule has 1 atom stereocenters. The van der Waals surface area contributed by atoms with Crippen molar-refractivity contribution >= 4 is 46.3 Å². The van der Waals surface area contributed by atoms with Crippen LogP contribution in [0.15, 0.2) is 45.9 Å². The van der Waals surface area contributed by atoms with Gasteiger partial charge in [-0.25, -0.2) is 4.79 Å². The summed E-state index contributed by atoms with van der Waals surface area (Å²) in [6.45, 7) is 1.21. The molecule has 1 aromatic heterocycles. The van der Waals surface area contributed by atoms with Crippen molar-refractivity contribution in [1.82, 2.24) is 4.90 Å². The molecule has 1 amide bonds. The van der Waals surface area contributed by atoms with Gasteiger partial charge in [0.05, 0.1) is 30.9 Å². The summed E-state index contributed by atoms with van der Waals surface area (Å²) in [7, 11) is 1.48. The Morgan fingerprint density at radius 3 is 2.93 bits per heavy atom. The lowest BCUT2D eigenvalue weighted by Gasteiger charge is -2.18. The third-order valence-corrected chi connectivity index (χ3v) is 6.07. The van der Waals surface area contributed by atoms with Gasteiger partial charge < -0.3 is 18.6 Å². The minimum atomic E-state index is -0.624. The van der Waals surface area contributed by atoms with Crippen LogP contribution in [0.1, 0.15) is 29.0 Å². The van der Waals surface area contributed by atoms with Crippen molar-refractivity contribution in [2.45, 2.75) is 18.9 Å². The molecule has 1 unspecified atom stereocenters. The molecule has 4 rings (SSSR count). The van der Waals surface area contributed by atoms with Gasteiger partial charge >= 0.3 is 5.97 Å². The fraction of sp³-hybridized carbons (Fsp3) is 0.286. The predicted molar refractivity (Wildman–Crippen MR) is 116 cm³/mol. The normalized spacial score (nSPS) is 20.2. The highest BCUT2D eigenvalue weighted by atomic mass is 32.2. The first-order valence-electron chi connectivity index (χ1n) is 9.36. The van der Waals surface area contributed by atoms with E-state index in [2.05, 4.69) is 0 Å². The number of carbonyl (C=O) groups is 2. The molecule has 2 saturated heterocycles. The van der Waals surface area contributed by atoms with Crippen LogP contribution in [0.5, 0.6) is 11.5 Å². The molecular formula is C21H19NO6S2. The molecule has 2 aliphatic rings. The fourth-order valence-corrected chi connectivity index (χ4v) is 4.48. The van der Waals surface area contributed by atoms with Gasteiger partial charge in [-0.05, 0) is 48.7 Å².